The van der Waals surface area contributed by atoms with E-state index in [1.807, 2.05) is 25.1 Å². The van der Waals surface area contributed by atoms with Gasteiger partial charge in [0, 0.05) is 12.7 Å². The summed E-state index contributed by atoms with van der Waals surface area (Å²) in [6.45, 7) is 2.42. The van der Waals surface area contributed by atoms with Crippen LogP contribution in [-0.4, -0.2) is 26.3 Å². The topological polar surface area (TPSA) is 44.8 Å². The molecule has 0 saturated carbocycles. The molecule has 0 saturated heterocycles. The maximum Gasteiger partial charge on any atom is 0.200 e. The average Bonchev–Trinajstić information content (AvgIpc) is 2.53. The van der Waals surface area contributed by atoms with Crippen molar-refractivity contribution in [3.63, 3.8) is 0 Å². The van der Waals surface area contributed by atoms with Gasteiger partial charge in [0.2, 0.25) is 5.78 Å². The predicted octanol–water partition coefficient (Wildman–Crippen LogP) is 3.30. The molecule has 0 atom stereocenters. The van der Waals surface area contributed by atoms with Gasteiger partial charge in [0.05, 0.1) is 6.61 Å². The molecule has 110 valence electrons. The molecule has 0 bridgehead atoms. The Labute approximate surface area is 124 Å². The number of hydrogen-bond donors (Lipinski definition) is 0. The maximum absolute atomic E-state index is 12.7. The van der Waals surface area contributed by atoms with Gasteiger partial charge in [-0.1, -0.05) is 36.4 Å². The SMILES string of the molecule is CCOc1cccc(OCOC)c1C(=O)c1ccccc1. The lowest BCUT2D eigenvalue weighted by Crippen LogP contribution is -2.10. The highest BCUT2D eigenvalue weighted by molar-refractivity contribution is 6.12. The lowest BCUT2D eigenvalue weighted by Gasteiger charge is -2.14. The van der Waals surface area contributed by atoms with Gasteiger partial charge < -0.3 is 14.2 Å². The van der Waals surface area contributed by atoms with Crippen LogP contribution < -0.4 is 9.47 Å². The van der Waals surface area contributed by atoms with E-state index in [0.29, 0.717) is 29.2 Å². The Morgan fingerprint density at radius 1 is 0.952 bits per heavy atom. The monoisotopic (exact) mass is 286 g/mol. The van der Waals surface area contributed by atoms with Crippen molar-refractivity contribution in [2.24, 2.45) is 0 Å². The molecule has 0 fully saturated rings. The molecule has 0 spiro atoms. The van der Waals surface area contributed by atoms with Crippen molar-refractivity contribution in [3.8, 4) is 11.5 Å². The Kier molecular flexibility index (Phi) is 5.35. The number of benzene rings is 2. The summed E-state index contributed by atoms with van der Waals surface area (Å²) in [5.41, 5.74) is 1.01. The highest BCUT2D eigenvalue weighted by Crippen LogP contribution is 2.31. The van der Waals surface area contributed by atoms with Crippen LogP contribution in [0, 0.1) is 0 Å². The van der Waals surface area contributed by atoms with Crippen LogP contribution >= 0.6 is 0 Å². The van der Waals surface area contributed by atoms with Gasteiger partial charge in [0.1, 0.15) is 17.1 Å². The van der Waals surface area contributed by atoms with Gasteiger partial charge in [0.15, 0.2) is 6.79 Å². The van der Waals surface area contributed by atoms with E-state index in [9.17, 15) is 4.79 Å². The molecule has 0 heterocycles. The van der Waals surface area contributed by atoms with Crippen molar-refractivity contribution in [1.29, 1.82) is 0 Å². The van der Waals surface area contributed by atoms with Crippen molar-refractivity contribution < 1.29 is 19.0 Å². The highest BCUT2D eigenvalue weighted by Gasteiger charge is 2.20. The van der Waals surface area contributed by atoms with Gasteiger partial charge in [-0.3, -0.25) is 4.79 Å². The lowest BCUT2D eigenvalue weighted by molar-refractivity contribution is 0.0501. The van der Waals surface area contributed by atoms with E-state index in [-0.39, 0.29) is 12.6 Å². The molecular weight excluding hydrogens is 268 g/mol. The summed E-state index contributed by atoms with van der Waals surface area (Å²) in [6, 6.07) is 14.3. The second-order valence-corrected chi connectivity index (χ2v) is 4.31. The van der Waals surface area contributed by atoms with Gasteiger partial charge in [-0.2, -0.15) is 0 Å². The molecule has 0 aliphatic carbocycles. The fourth-order valence-corrected chi connectivity index (χ4v) is 1.99. The van der Waals surface area contributed by atoms with Crippen LogP contribution in [0.1, 0.15) is 22.8 Å². The van der Waals surface area contributed by atoms with E-state index in [1.54, 1.807) is 30.3 Å². The lowest BCUT2D eigenvalue weighted by atomic mass is 10.0. The van der Waals surface area contributed by atoms with Crippen molar-refractivity contribution in [1.82, 2.24) is 0 Å². The normalized spacial score (nSPS) is 10.2. The molecule has 0 N–H and O–H groups in total. The minimum atomic E-state index is -0.134. The summed E-state index contributed by atoms with van der Waals surface area (Å²) in [4.78, 5) is 12.7. The van der Waals surface area contributed by atoms with Crippen molar-refractivity contribution >= 4 is 5.78 Å². The number of carbonyl (C=O) groups excluding carboxylic acids is 1. The number of methoxy groups -OCH3 is 1. The Bertz CT molecular complexity index is 593. The number of hydrogen-bond acceptors (Lipinski definition) is 4. The minimum absolute atomic E-state index is 0.0741. The van der Waals surface area contributed by atoms with E-state index in [0.717, 1.165) is 0 Å². The molecule has 4 nitrogen and oxygen atoms in total. The summed E-state index contributed by atoms with van der Waals surface area (Å²) in [5, 5.41) is 0. The molecule has 21 heavy (non-hydrogen) atoms. The van der Waals surface area contributed by atoms with Crippen molar-refractivity contribution in [2.45, 2.75) is 6.92 Å². The number of rotatable bonds is 7. The quantitative estimate of drug-likeness (QED) is 0.578. The first-order chi connectivity index (χ1) is 10.3. The van der Waals surface area contributed by atoms with E-state index in [2.05, 4.69) is 0 Å². The van der Waals surface area contributed by atoms with Crippen LogP contribution in [0.15, 0.2) is 48.5 Å². The minimum Gasteiger partial charge on any atom is -0.493 e. The molecule has 4 heteroatoms. The first-order valence-electron chi connectivity index (χ1n) is 6.75. The van der Waals surface area contributed by atoms with Crippen molar-refractivity contribution in [3.05, 3.63) is 59.7 Å². The molecule has 0 unspecified atom stereocenters. The zero-order chi connectivity index (χ0) is 15.1. The molecule has 0 aliphatic rings. The molecule has 0 amide bonds. The third-order valence-electron chi connectivity index (χ3n) is 2.88. The van der Waals surface area contributed by atoms with Crippen LogP contribution in [0.4, 0.5) is 0 Å². The fourth-order valence-electron chi connectivity index (χ4n) is 1.99. The fraction of sp³-hybridized carbons (Fsp3) is 0.235. The second kappa shape index (κ2) is 7.45. The Morgan fingerprint density at radius 2 is 1.62 bits per heavy atom. The summed E-state index contributed by atoms with van der Waals surface area (Å²) >= 11 is 0. The van der Waals surface area contributed by atoms with E-state index < -0.39 is 0 Å². The molecule has 2 rings (SSSR count). The van der Waals surface area contributed by atoms with E-state index >= 15 is 0 Å². The number of ether oxygens (including phenoxy) is 3. The molecule has 0 radical (unpaired) electrons. The van der Waals surface area contributed by atoms with Gasteiger partial charge in [0.25, 0.3) is 0 Å². The summed E-state index contributed by atoms with van der Waals surface area (Å²) in [5.74, 6) is 0.836. The van der Waals surface area contributed by atoms with Crippen LogP contribution in [0.25, 0.3) is 0 Å². The van der Waals surface area contributed by atoms with Gasteiger partial charge in [-0.25, -0.2) is 0 Å². The standard InChI is InChI=1S/C17H18O4/c1-3-20-14-10-7-11-15(21-12-19-2)16(14)17(18)13-8-5-4-6-9-13/h4-11H,3,12H2,1-2H3. The largest absolute Gasteiger partial charge is 0.493 e. The third kappa shape index (κ3) is 3.61. The van der Waals surface area contributed by atoms with Gasteiger partial charge >= 0.3 is 0 Å². The smallest absolute Gasteiger partial charge is 0.200 e. The highest BCUT2D eigenvalue weighted by atomic mass is 16.7. The summed E-state index contributed by atoms with van der Waals surface area (Å²) in [7, 11) is 1.53. The third-order valence-corrected chi connectivity index (χ3v) is 2.88. The van der Waals surface area contributed by atoms with Crippen LogP contribution in [-0.2, 0) is 4.74 Å². The average molecular weight is 286 g/mol. The number of ketones is 1. The van der Waals surface area contributed by atoms with Crippen LogP contribution in [0.2, 0.25) is 0 Å². The van der Waals surface area contributed by atoms with Crippen LogP contribution in [0.5, 0.6) is 11.5 Å². The molecule has 0 aromatic heterocycles. The zero-order valence-corrected chi connectivity index (χ0v) is 12.2. The zero-order valence-electron chi connectivity index (χ0n) is 12.2. The Balaban J connectivity index is 2.45. The van der Waals surface area contributed by atoms with Crippen LogP contribution in [0.3, 0.4) is 0 Å². The van der Waals surface area contributed by atoms with Gasteiger partial charge in [-0.15, -0.1) is 0 Å². The molecule has 0 aliphatic heterocycles. The first-order valence-corrected chi connectivity index (χ1v) is 6.75. The Morgan fingerprint density at radius 3 is 2.24 bits per heavy atom. The second-order valence-electron chi connectivity index (χ2n) is 4.31. The molecule has 2 aromatic rings. The van der Waals surface area contributed by atoms with Gasteiger partial charge in [-0.05, 0) is 19.1 Å². The van der Waals surface area contributed by atoms with E-state index in [4.69, 9.17) is 14.2 Å². The maximum atomic E-state index is 12.7. The van der Waals surface area contributed by atoms with E-state index in [1.165, 1.54) is 7.11 Å². The Hall–Kier alpha value is -2.33. The number of carbonyl (C=O) groups is 1. The molecular formula is C17H18O4. The summed E-state index contributed by atoms with van der Waals surface area (Å²) < 4.78 is 16.0. The first kappa shape index (κ1) is 15.1. The molecule has 2 aromatic carbocycles. The predicted molar refractivity (Wildman–Crippen MR) is 80.0 cm³/mol. The summed E-state index contributed by atoms with van der Waals surface area (Å²) in [6.07, 6.45) is 0. The van der Waals surface area contributed by atoms with Crippen molar-refractivity contribution in [2.75, 3.05) is 20.5 Å².